The highest BCUT2D eigenvalue weighted by Gasteiger charge is 2.05. The fourth-order valence-electron chi connectivity index (χ4n) is 1.85. The van der Waals surface area contributed by atoms with Crippen molar-refractivity contribution in [2.45, 2.75) is 0 Å². The van der Waals surface area contributed by atoms with Crippen molar-refractivity contribution >= 4 is 10.9 Å². The Balaban J connectivity index is 2.04. The van der Waals surface area contributed by atoms with Gasteiger partial charge in [0.05, 0.1) is 18.8 Å². The minimum atomic E-state index is 0.700. The molecule has 2 aromatic heterocycles. The highest BCUT2D eigenvalue weighted by molar-refractivity contribution is 5.86. The molecule has 0 bridgehead atoms. The molecule has 0 amide bonds. The number of fused-ring (bicyclic) bond motifs is 1. The van der Waals surface area contributed by atoms with E-state index in [-0.39, 0.29) is 0 Å². The summed E-state index contributed by atoms with van der Waals surface area (Å²) in [6.07, 6.45) is 5.10. The van der Waals surface area contributed by atoms with E-state index in [4.69, 9.17) is 9.47 Å². The number of methoxy groups -OCH3 is 1. The molecule has 4 heteroatoms. The number of nitrogens with zero attached hydrogens (tertiary/aromatic N) is 2. The molecule has 0 saturated heterocycles. The fourth-order valence-corrected chi connectivity index (χ4v) is 1.85. The maximum Gasteiger partial charge on any atom is 0.145 e. The van der Waals surface area contributed by atoms with Gasteiger partial charge in [0.15, 0.2) is 0 Å². The summed E-state index contributed by atoms with van der Waals surface area (Å²) >= 11 is 0. The lowest BCUT2D eigenvalue weighted by Gasteiger charge is -2.08. The molecular formula is C15H12N2O2. The van der Waals surface area contributed by atoms with E-state index in [0.717, 1.165) is 22.4 Å². The van der Waals surface area contributed by atoms with E-state index in [1.165, 1.54) is 0 Å². The van der Waals surface area contributed by atoms with Crippen molar-refractivity contribution in [3.8, 4) is 17.2 Å². The van der Waals surface area contributed by atoms with Gasteiger partial charge in [0.25, 0.3) is 0 Å². The molecule has 3 aromatic rings. The maximum absolute atomic E-state index is 5.82. The molecule has 4 nitrogen and oxygen atoms in total. The van der Waals surface area contributed by atoms with E-state index < -0.39 is 0 Å². The first kappa shape index (κ1) is 11.5. The summed E-state index contributed by atoms with van der Waals surface area (Å²) in [5, 5.41) is 0.937. The smallest absolute Gasteiger partial charge is 0.145 e. The Hall–Kier alpha value is -2.62. The number of rotatable bonds is 3. The Bertz CT molecular complexity index is 699. The first-order chi connectivity index (χ1) is 9.36. The lowest BCUT2D eigenvalue weighted by molar-refractivity contribution is 0.415. The van der Waals surface area contributed by atoms with E-state index in [1.54, 1.807) is 25.7 Å². The van der Waals surface area contributed by atoms with Crippen LogP contribution >= 0.6 is 0 Å². The minimum absolute atomic E-state index is 0.700. The Morgan fingerprint density at radius 1 is 1.00 bits per heavy atom. The zero-order valence-corrected chi connectivity index (χ0v) is 10.4. The first-order valence-electron chi connectivity index (χ1n) is 5.87. The first-order valence-corrected chi connectivity index (χ1v) is 5.87. The lowest BCUT2D eigenvalue weighted by Crippen LogP contribution is -1.89. The van der Waals surface area contributed by atoms with Crippen molar-refractivity contribution in [2.24, 2.45) is 0 Å². The number of hydrogen-bond acceptors (Lipinski definition) is 4. The molecule has 0 radical (unpaired) electrons. The molecule has 94 valence electrons. The summed E-state index contributed by atoms with van der Waals surface area (Å²) in [7, 11) is 1.64. The quantitative estimate of drug-likeness (QED) is 0.716. The molecule has 0 saturated carbocycles. The molecule has 0 atom stereocenters. The Labute approximate surface area is 110 Å². The van der Waals surface area contributed by atoms with E-state index in [9.17, 15) is 0 Å². The zero-order valence-electron chi connectivity index (χ0n) is 10.4. The van der Waals surface area contributed by atoms with Crippen LogP contribution in [0.1, 0.15) is 0 Å². The predicted molar refractivity (Wildman–Crippen MR) is 72.6 cm³/mol. The molecule has 0 aliphatic rings. The van der Waals surface area contributed by atoms with Crippen molar-refractivity contribution in [1.82, 2.24) is 9.97 Å². The number of pyridine rings is 2. The molecule has 19 heavy (non-hydrogen) atoms. The van der Waals surface area contributed by atoms with Crippen molar-refractivity contribution in [3.63, 3.8) is 0 Å². The summed E-state index contributed by atoms with van der Waals surface area (Å²) in [4.78, 5) is 8.34. The third kappa shape index (κ3) is 2.33. The van der Waals surface area contributed by atoms with E-state index in [2.05, 4.69) is 9.97 Å². The van der Waals surface area contributed by atoms with Crippen LogP contribution in [0.2, 0.25) is 0 Å². The topological polar surface area (TPSA) is 44.2 Å². The molecule has 1 aromatic carbocycles. The van der Waals surface area contributed by atoms with E-state index in [1.807, 2.05) is 36.4 Å². The molecule has 3 rings (SSSR count). The second kappa shape index (κ2) is 4.94. The number of benzene rings is 1. The fraction of sp³-hybridized carbons (Fsp3) is 0.0667. The maximum atomic E-state index is 5.82. The molecule has 0 aliphatic heterocycles. The SMILES string of the molecule is COc1ccc2c(Oc3cccnc3)ccnc2c1. The Morgan fingerprint density at radius 3 is 2.74 bits per heavy atom. The third-order valence-corrected chi connectivity index (χ3v) is 2.77. The molecule has 0 spiro atoms. The lowest BCUT2D eigenvalue weighted by atomic mass is 10.2. The molecular weight excluding hydrogens is 240 g/mol. The van der Waals surface area contributed by atoms with Gasteiger partial charge in [0.2, 0.25) is 0 Å². The summed E-state index contributed by atoms with van der Waals surface area (Å²) in [5.41, 5.74) is 0.834. The van der Waals surface area contributed by atoms with Crippen LogP contribution < -0.4 is 9.47 Å². The summed E-state index contributed by atoms with van der Waals surface area (Å²) in [6.45, 7) is 0. The second-order valence-electron chi connectivity index (χ2n) is 3.98. The van der Waals surface area contributed by atoms with Crippen LogP contribution in [0.5, 0.6) is 17.2 Å². The van der Waals surface area contributed by atoms with Gasteiger partial charge in [0, 0.05) is 23.8 Å². The highest BCUT2D eigenvalue weighted by Crippen LogP contribution is 2.30. The van der Waals surface area contributed by atoms with Crippen molar-refractivity contribution in [1.29, 1.82) is 0 Å². The van der Waals surface area contributed by atoms with Crippen LogP contribution in [0.3, 0.4) is 0 Å². The van der Waals surface area contributed by atoms with Gasteiger partial charge in [-0.25, -0.2) is 0 Å². The average molecular weight is 252 g/mol. The second-order valence-corrected chi connectivity index (χ2v) is 3.98. The van der Waals surface area contributed by atoms with Crippen molar-refractivity contribution in [3.05, 3.63) is 55.0 Å². The van der Waals surface area contributed by atoms with E-state index >= 15 is 0 Å². The van der Waals surface area contributed by atoms with Gasteiger partial charge in [0.1, 0.15) is 17.2 Å². The van der Waals surface area contributed by atoms with Gasteiger partial charge in [-0.05, 0) is 30.3 Å². The van der Waals surface area contributed by atoms with Gasteiger partial charge in [-0.2, -0.15) is 0 Å². The van der Waals surface area contributed by atoms with Crippen molar-refractivity contribution in [2.75, 3.05) is 7.11 Å². The summed E-state index contributed by atoms with van der Waals surface area (Å²) in [6, 6.07) is 11.2. The highest BCUT2D eigenvalue weighted by atomic mass is 16.5. The third-order valence-electron chi connectivity index (χ3n) is 2.77. The van der Waals surface area contributed by atoms with Crippen LogP contribution in [0.15, 0.2) is 55.0 Å². The summed E-state index contributed by atoms with van der Waals surface area (Å²) < 4.78 is 11.0. The Kier molecular flexibility index (Phi) is 2.98. The van der Waals surface area contributed by atoms with Crippen LogP contribution in [0.4, 0.5) is 0 Å². The van der Waals surface area contributed by atoms with Crippen LogP contribution in [0.25, 0.3) is 10.9 Å². The molecule has 0 fully saturated rings. The predicted octanol–water partition coefficient (Wildman–Crippen LogP) is 3.43. The van der Waals surface area contributed by atoms with Gasteiger partial charge < -0.3 is 9.47 Å². The summed E-state index contributed by atoms with van der Waals surface area (Å²) in [5.74, 6) is 2.23. The zero-order chi connectivity index (χ0) is 13.1. The molecule has 0 N–H and O–H groups in total. The van der Waals surface area contributed by atoms with Gasteiger partial charge >= 0.3 is 0 Å². The standard InChI is InChI=1S/C15H12N2O2/c1-18-11-4-5-13-14(9-11)17-8-6-15(13)19-12-3-2-7-16-10-12/h2-10H,1H3. The van der Waals surface area contributed by atoms with Gasteiger partial charge in [-0.15, -0.1) is 0 Å². The molecule has 0 aliphatic carbocycles. The Morgan fingerprint density at radius 2 is 1.95 bits per heavy atom. The largest absolute Gasteiger partial charge is 0.497 e. The van der Waals surface area contributed by atoms with Crippen molar-refractivity contribution < 1.29 is 9.47 Å². The number of ether oxygens (including phenoxy) is 2. The van der Waals surface area contributed by atoms with Crippen LogP contribution in [0, 0.1) is 0 Å². The monoisotopic (exact) mass is 252 g/mol. The molecule has 2 heterocycles. The van der Waals surface area contributed by atoms with Crippen LogP contribution in [-0.4, -0.2) is 17.1 Å². The molecule has 0 unspecified atom stereocenters. The van der Waals surface area contributed by atoms with Gasteiger partial charge in [-0.1, -0.05) is 0 Å². The number of aromatic nitrogens is 2. The normalized spacial score (nSPS) is 10.4. The van der Waals surface area contributed by atoms with Gasteiger partial charge in [-0.3, -0.25) is 9.97 Å². The number of hydrogen-bond donors (Lipinski definition) is 0. The van der Waals surface area contributed by atoms with E-state index in [0.29, 0.717) is 5.75 Å². The minimum Gasteiger partial charge on any atom is -0.497 e. The average Bonchev–Trinajstić information content (AvgIpc) is 2.48. The van der Waals surface area contributed by atoms with Crippen LogP contribution in [-0.2, 0) is 0 Å².